The maximum atomic E-state index is 13.3. The summed E-state index contributed by atoms with van der Waals surface area (Å²) in [5.41, 5.74) is 2.55. The minimum atomic E-state index is -0.982. The largest absolute Gasteiger partial charge is 0.491 e. The molecule has 2 heterocycles. The van der Waals surface area contributed by atoms with Crippen LogP contribution in [0.5, 0.6) is 11.5 Å². The van der Waals surface area contributed by atoms with Crippen LogP contribution in [-0.4, -0.2) is 40.9 Å². The smallest absolute Gasteiger partial charge is 0.128 e. The quantitative estimate of drug-likeness (QED) is 0.584. The summed E-state index contributed by atoms with van der Waals surface area (Å²) in [6.07, 6.45) is 0.336. The third-order valence-electron chi connectivity index (χ3n) is 7.11. The first kappa shape index (κ1) is 22.8. The number of piperidine rings is 1. The van der Waals surface area contributed by atoms with Crippen molar-refractivity contribution in [3.8, 4) is 11.5 Å². The molecular weight excluding hydrogens is 433 g/mol. The van der Waals surface area contributed by atoms with Gasteiger partial charge in [0.25, 0.3) is 0 Å². The molecule has 3 aromatic carbocycles. The molecule has 5 rings (SSSR count). The van der Waals surface area contributed by atoms with Crippen LogP contribution in [0.2, 0.25) is 0 Å². The predicted octanol–water partition coefficient (Wildman–Crippen LogP) is 4.49. The lowest BCUT2D eigenvalue weighted by atomic mass is 9.83. The lowest BCUT2D eigenvalue weighted by molar-refractivity contribution is -0.0665. The topological polar surface area (TPSA) is 62.2 Å². The van der Waals surface area contributed by atoms with Crippen LogP contribution >= 0.6 is 0 Å². The summed E-state index contributed by atoms with van der Waals surface area (Å²) in [7, 11) is 0. The maximum Gasteiger partial charge on any atom is 0.128 e. The Morgan fingerprint density at radius 3 is 2.47 bits per heavy atom. The van der Waals surface area contributed by atoms with E-state index in [-0.39, 0.29) is 11.9 Å². The van der Waals surface area contributed by atoms with Crippen molar-refractivity contribution >= 4 is 0 Å². The van der Waals surface area contributed by atoms with Crippen molar-refractivity contribution in [2.75, 3.05) is 19.7 Å². The minimum Gasteiger partial charge on any atom is -0.491 e. The molecule has 3 aromatic rings. The number of fused-ring (bicyclic) bond motifs is 1. The third kappa shape index (κ3) is 4.53. The molecular formula is C28H30FNO4. The summed E-state index contributed by atoms with van der Waals surface area (Å²) < 4.78 is 25.4. The zero-order valence-electron chi connectivity index (χ0n) is 19.3. The molecule has 6 heteroatoms. The van der Waals surface area contributed by atoms with E-state index in [0.717, 1.165) is 28.0 Å². The number of likely N-dealkylation sites (tertiary alicyclic amines) is 1. The van der Waals surface area contributed by atoms with Gasteiger partial charge >= 0.3 is 0 Å². The molecule has 1 saturated heterocycles. The highest BCUT2D eigenvalue weighted by Crippen LogP contribution is 2.41. The van der Waals surface area contributed by atoms with Crippen LogP contribution in [0, 0.1) is 12.7 Å². The molecule has 0 spiro atoms. The van der Waals surface area contributed by atoms with Gasteiger partial charge in [0.05, 0.1) is 11.6 Å². The Morgan fingerprint density at radius 2 is 1.76 bits per heavy atom. The zero-order valence-corrected chi connectivity index (χ0v) is 19.3. The van der Waals surface area contributed by atoms with E-state index in [1.807, 2.05) is 49.4 Å². The molecule has 2 aliphatic rings. The lowest BCUT2D eigenvalue weighted by Crippen LogP contribution is -2.52. The summed E-state index contributed by atoms with van der Waals surface area (Å²) in [6.45, 7) is 4.04. The van der Waals surface area contributed by atoms with Gasteiger partial charge in [0.2, 0.25) is 0 Å². The van der Waals surface area contributed by atoms with Gasteiger partial charge < -0.3 is 19.7 Å². The van der Waals surface area contributed by atoms with Gasteiger partial charge in [-0.3, -0.25) is 4.90 Å². The van der Waals surface area contributed by atoms with Crippen molar-refractivity contribution in [2.45, 2.75) is 44.1 Å². The maximum absolute atomic E-state index is 13.3. The van der Waals surface area contributed by atoms with Gasteiger partial charge in [-0.25, -0.2) is 4.39 Å². The molecule has 0 amide bonds. The summed E-state index contributed by atoms with van der Waals surface area (Å²) in [4.78, 5) is 2.18. The molecule has 178 valence electrons. The number of hydrogen-bond donors (Lipinski definition) is 2. The molecule has 0 bridgehead atoms. The van der Waals surface area contributed by atoms with Crippen LogP contribution in [-0.2, 0) is 12.2 Å². The molecule has 5 nitrogen and oxygen atoms in total. The van der Waals surface area contributed by atoms with Crippen molar-refractivity contribution in [1.82, 2.24) is 4.90 Å². The Bertz CT molecular complexity index is 1130. The Kier molecular flexibility index (Phi) is 6.30. The van der Waals surface area contributed by atoms with E-state index in [2.05, 4.69) is 4.90 Å². The molecule has 2 aliphatic heterocycles. The molecule has 2 unspecified atom stereocenters. The standard InChI is InChI=1S/C28H30FNO4/c1-19-15-23-26(16-25(19)33-17-20-5-3-2-4-6-20)34-18-24(27(23)31)30-13-11-28(32,12-14-30)21-7-9-22(29)10-8-21/h2-10,15-16,24,27,31-32H,11-14,17-18H2,1H3. The first-order valence-electron chi connectivity index (χ1n) is 11.8. The third-order valence-corrected chi connectivity index (χ3v) is 7.11. The highest BCUT2D eigenvalue weighted by molar-refractivity contribution is 5.48. The van der Waals surface area contributed by atoms with E-state index < -0.39 is 11.7 Å². The van der Waals surface area contributed by atoms with Gasteiger partial charge in [0, 0.05) is 24.7 Å². The van der Waals surface area contributed by atoms with Crippen molar-refractivity contribution < 1.29 is 24.1 Å². The van der Waals surface area contributed by atoms with Crippen molar-refractivity contribution in [2.24, 2.45) is 0 Å². The van der Waals surface area contributed by atoms with Crippen LogP contribution in [0.15, 0.2) is 66.7 Å². The molecule has 0 saturated carbocycles. The summed E-state index contributed by atoms with van der Waals surface area (Å²) in [5, 5.41) is 22.3. The Labute approximate surface area is 199 Å². The molecule has 2 atom stereocenters. The second kappa shape index (κ2) is 9.37. The summed E-state index contributed by atoms with van der Waals surface area (Å²) >= 11 is 0. The van der Waals surface area contributed by atoms with E-state index in [4.69, 9.17) is 9.47 Å². The van der Waals surface area contributed by atoms with Crippen molar-refractivity contribution in [1.29, 1.82) is 0 Å². The SMILES string of the molecule is Cc1cc2c(cc1OCc1ccccc1)OCC(N1CCC(O)(c3ccc(F)cc3)CC1)C2O. The number of halogens is 1. The first-order valence-corrected chi connectivity index (χ1v) is 11.8. The number of hydrogen-bond acceptors (Lipinski definition) is 5. The first-order chi connectivity index (χ1) is 16.4. The fraction of sp³-hybridized carbons (Fsp3) is 0.357. The monoisotopic (exact) mass is 463 g/mol. The Hall–Kier alpha value is -2.93. The van der Waals surface area contributed by atoms with E-state index >= 15 is 0 Å². The second-order valence-corrected chi connectivity index (χ2v) is 9.33. The lowest BCUT2D eigenvalue weighted by Gasteiger charge is -2.44. The number of rotatable bonds is 5. The van der Waals surface area contributed by atoms with E-state index in [0.29, 0.717) is 44.9 Å². The normalized spacial score (nSPS) is 22.0. The highest BCUT2D eigenvalue weighted by atomic mass is 19.1. The number of aryl methyl sites for hydroxylation is 1. The van der Waals surface area contributed by atoms with E-state index in [1.165, 1.54) is 12.1 Å². The fourth-order valence-electron chi connectivity index (χ4n) is 4.99. The summed E-state index contributed by atoms with van der Waals surface area (Å²) in [6, 6.07) is 19.7. The van der Waals surface area contributed by atoms with Gasteiger partial charge in [0.15, 0.2) is 0 Å². The average Bonchev–Trinajstić information content (AvgIpc) is 2.85. The molecule has 1 fully saturated rings. The van der Waals surface area contributed by atoms with Gasteiger partial charge in [-0.15, -0.1) is 0 Å². The van der Waals surface area contributed by atoms with Crippen molar-refractivity contribution in [3.05, 3.63) is 94.8 Å². The van der Waals surface area contributed by atoms with Gasteiger partial charge in [-0.1, -0.05) is 42.5 Å². The molecule has 0 aliphatic carbocycles. The molecule has 2 N–H and O–H groups in total. The second-order valence-electron chi connectivity index (χ2n) is 9.33. The Morgan fingerprint density at radius 1 is 1.06 bits per heavy atom. The molecule has 0 radical (unpaired) electrons. The molecule has 34 heavy (non-hydrogen) atoms. The number of nitrogens with zero attached hydrogens (tertiary/aromatic N) is 1. The number of aliphatic hydroxyl groups is 2. The average molecular weight is 464 g/mol. The van der Waals surface area contributed by atoms with E-state index in [1.54, 1.807) is 12.1 Å². The van der Waals surface area contributed by atoms with Crippen LogP contribution in [0.4, 0.5) is 4.39 Å². The highest BCUT2D eigenvalue weighted by Gasteiger charge is 2.40. The number of aliphatic hydroxyl groups excluding tert-OH is 1. The molecule has 0 aromatic heterocycles. The van der Waals surface area contributed by atoms with E-state index in [9.17, 15) is 14.6 Å². The Balaban J connectivity index is 1.26. The van der Waals surface area contributed by atoms with Crippen LogP contribution in [0.3, 0.4) is 0 Å². The minimum absolute atomic E-state index is 0.194. The van der Waals surface area contributed by atoms with Gasteiger partial charge in [-0.2, -0.15) is 0 Å². The van der Waals surface area contributed by atoms with Crippen LogP contribution in [0.1, 0.15) is 41.2 Å². The predicted molar refractivity (Wildman–Crippen MR) is 127 cm³/mol. The van der Waals surface area contributed by atoms with Crippen LogP contribution in [0.25, 0.3) is 0 Å². The fourth-order valence-corrected chi connectivity index (χ4v) is 4.99. The van der Waals surface area contributed by atoms with Gasteiger partial charge in [0.1, 0.15) is 36.6 Å². The summed E-state index contributed by atoms with van der Waals surface area (Å²) in [5.74, 6) is 1.09. The number of benzene rings is 3. The van der Waals surface area contributed by atoms with Crippen molar-refractivity contribution in [3.63, 3.8) is 0 Å². The number of ether oxygens (including phenoxy) is 2. The van der Waals surface area contributed by atoms with Crippen LogP contribution < -0.4 is 9.47 Å². The van der Waals surface area contributed by atoms with Gasteiger partial charge in [-0.05, 0) is 54.7 Å². The zero-order chi connectivity index (χ0) is 23.7.